The molecule has 1 atom stereocenters. The van der Waals surface area contributed by atoms with E-state index >= 15 is 0 Å². The zero-order valence-electron chi connectivity index (χ0n) is 11.0. The van der Waals surface area contributed by atoms with Gasteiger partial charge >= 0.3 is 5.97 Å². The number of nitrogens with two attached hydrogens (primary N) is 1. The highest BCUT2D eigenvalue weighted by atomic mass is 32.2. The number of esters is 1. The molecule has 0 aliphatic heterocycles. The highest BCUT2D eigenvalue weighted by Gasteiger charge is 2.11. The van der Waals surface area contributed by atoms with Crippen molar-refractivity contribution in [2.45, 2.75) is 19.4 Å². The van der Waals surface area contributed by atoms with Crippen LogP contribution in [-0.2, 0) is 4.74 Å². The second-order valence-corrected chi connectivity index (χ2v) is 4.91. The summed E-state index contributed by atoms with van der Waals surface area (Å²) in [5.41, 5.74) is 7.85. The number of methoxy groups -OCH3 is 1. The van der Waals surface area contributed by atoms with Gasteiger partial charge in [-0.2, -0.15) is 11.8 Å². The molecule has 0 spiro atoms. The second kappa shape index (κ2) is 7.16. The molecular weight excluding hydrogens is 248 g/mol. The van der Waals surface area contributed by atoms with E-state index in [-0.39, 0.29) is 5.97 Å². The van der Waals surface area contributed by atoms with E-state index in [2.05, 4.69) is 18.5 Å². The first-order valence-electron chi connectivity index (χ1n) is 5.85. The van der Waals surface area contributed by atoms with Gasteiger partial charge in [0.2, 0.25) is 0 Å². The normalized spacial score (nSPS) is 11.9. The number of nitrogen functional groups attached to an aromatic ring is 1. The fourth-order valence-electron chi connectivity index (χ4n) is 1.61. The van der Waals surface area contributed by atoms with Gasteiger partial charge in [-0.15, -0.1) is 0 Å². The van der Waals surface area contributed by atoms with Gasteiger partial charge in [0, 0.05) is 11.8 Å². The van der Waals surface area contributed by atoms with Gasteiger partial charge in [-0.25, -0.2) is 4.79 Å². The standard InChI is InChI=1S/C13H20N2O2S/c1-4-10(8-18-3)15-12-7-9(13(16)17-2)5-6-11(12)14/h5-7,10,15H,4,8,14H2,1-3H3. The van der Waals surface area contributed by atoms with Gasteiger partial charge in [0.1, 0.15) is 0 Å². The Balaban J connectivity index is 2.89. The van der Waals surface area contributed by atoms with Crippen molar-refractivity contribution < 1.29 is 9.53 Å². The maximum Gasteiger partial charge on any atom is 0.337 e. The number of rotatable bonds is 6. The SMILES string of the molecule is CCC(CSC)Nc1cc(C(=O)OC)ccc1N. The molecule has 18 heavy (non-hydrogen) atoms. The summed E-state index contributed by atoms with van der Waals surface area (Å²) in [6.45, 7) is 2.12. The molecule has 0 aromatic heterocycles. The summed E-state index contributed by atoms with van der Waals surface area (Å²) in [6, 6.07) is 5.47. The number of carbonyl (C=O) groups excluding carboxylic acids is 1. The predicted octanol–water partition coefficient (Wildman–Crippen LogP) is 2.61. The molecule has 100 valence electrons. The Labute approximate surface area is 112 Å². The van der Waals surface area contributed by atoms with Gasteiger partial charge in [0.25, 0.3) is 0 Å². The van der Waals surface area contributed by atoms with Crippen molar-refractivity contribution in [3.05, 3.63) is 23.8 Å². The maximum absolute atomic E-state index is 11.5. The molecule has 3 N–H and O–H groups in total. The average molecular weight is 268 g/mol. The molecule has 0 fully saturated rings. The molecule has 0 saturated heterocycles. The third-order valence-electron chi connectivity index (χ3n) is 2.69. The molecule has 0 aliphatic carbocycles. The van der Waals surface area contributed by atoms with Crippen LogP contribution in [0.5, 0.6) is 0 Å². The molecule has 4 nitrogen and oxygen atoms in total. The summed E-state index contributed by atoms with van der Waals surface area (Å²) in [4.78, 5) is 11.5. The number of carbonyl (C=O) groups is 1. The van der Waals surface area contributed by atoms with Crippen molar-refractivity contribution in [1.29, 1.82) is 0 Å². The molecular formula is C13H20N2O2S. The molecule has 0 amide bonds. The van der Waals surface area contributed by atoms with Crippen LogP contribution in [0.2, 0.25) is 0 Å². The predicted molar refractivity (Wildman–Crippen MR) is 78.3 cm³/mol. The van der Waals surface area contributed by atoms with Gasteiger partial charge < -0.3 is 15.8 Å². The monoisotopic (exact) mass is 268 g/mol. The molecule has 0 radical (unpaired) electrons. The summed E-state index contributed by atoms with van der Waals surface area (Å²) >= 11 is 1.78. The van der Waals surface area contributed by atoms with Gasteiger partial charge in [0.05, 0.1) is 24.0 Å². The van der Waals surface area contributed by atoms with E-state index in [0.717, 1.165) is 17.9 Å². The van der Waals surface area contributed by atoms with E-state index in [1.807, 2.05) is 0 Å². The minimum absolute atomic E-state index is 0.343. The summed E-state index contributed by atoms with van der Waals surface area (Å²) in [6.07, 6.45) is 3.07. The van der Waals surface area contributed by atoms with Crippen molar-refractivity contribution in [1.82, 2.24) is 0 Å². The number of nitrogens with one attached hydrogen (secondary N) is 1. The lowest BCUT2D eigenvalue weighted by Gasteiger charge is -2.19. The zero-order valence-corrected chi connectivity index (χ0v) is 11.8. The van der Waals surface area contributed by atoms with Crippen LogP contribution in [0.25, 0.3) is 0 Å². The molecule has 1 aromatic rings. The minimum Gasteiger partial charge on any atom is -0.465 e. The molecule has 0 saturated carbocycles. The van der Waals surface area contributed by atoms with E-state index in [1.54, 1.807) is 30.0 Å². The van der Waals surface area contributed by atoms with Crippen LogP contribution in [0.1, 0.15) is 23.7 Å². The highest BCUT2D eigenvalue weighted by Crippen LogP contribution is 2.22. The van der Waals surface area contributed by atoms with E-state index in [4.69, 9.17) is 10.5 Å². The topological polar surface area (TPSA) is 64.3 Å². The summed E-state index contributed by atoms with van der Waals surface area (Å²) < 4.78 is 4.70. The smallest absolute Gasteiger partial charge is 0.337 e. The molecule has 0 bridgehead atoms. The summed E-state index contributed by atoms with van der Waals surface area (Å²) in [7, 11) is 1.37. The molecule has 0 aliphatic rings. The van der Waals surface area contributed by atoms with Crippen molar-refractivity contribution in [2.24, 2.45) is 0 Å². The van der Waals surface area contributed by atoms with Crippen LogP contribution >= 0.6 is 11.8 Å². The first-order chi connectivity index (χ1) is 8.62. The Kier molecular flexibility index (Phi) is 5.85. The molecule has 1 rings (SSSR count). The van der Waals surface area contributed by atoms with Crippen LogP contribution in [0.15, 0.2) is 18.2 Å². The fraction of sp³-hybridized carbons (Fsp3) is 0.462. The van der Waals surface area contributed by atoms with Gasteiger partial charge in [-0.3, -0.25) is 0 Å². The second-order valence-electron chi connectivity index (χ2n) is 4.00. The highest BCUT2D eigenvalue weighted by molar-refractivity contribution is 7.98. The molecule has 5 heteroatoms. The minimum atomic E-state index is -0.351. The number of ether oxygens (including phenoxy) is 1. The molecule has 1 aromatic carbocycles. The van der Waals surface area contributed by atoms with Crippen LogP contribution in [0.3, 0.4) is 0 Å². The molecule has 1 unspecified atom stereocenters. The average Bonchev–Trinajstić information content (AvgIpc) is 2.39. The van der Waals surface area contributed by atoms with Gasteiger partial charge in [0.15, 0.2) is 0 Å². The first kappa shape index (κ1) is 14.7. The number of thioether (sulfide) groups is 1. The third-order valence-corrected chi connectivity index (χ3v) is 3.43. The van der Waals surface area contributed by atoms with Crippen molar-refractivity contribution in [2.75, 3.05) is 30.2 Å². The fourth-order valence-corrected chi connectivity index (χ4v) is 2.33. The van der Waals surface area contributed by atoms with Gasteiger partial charge in [-0.1, -0.05) is 6.92 Å². The summed E-state index contributed by atoms with van der Waals surface area (Å²) in [5.74, 6) is 0.647. The van der Waals surface area contributed by atoms with E-state index < -0.39 is 0 Å². The number of benzene rings is 1. The van der Waals surface area contributed by atoms with E-state index in [1.165, 1.54) is 7.11 Å². The van der Waals surface area contributed by atoms with Crippen molar-refractivity contribution in [3.8, 4) is 0 Å². The Bertz CT molecular complexity index is 410. The lowest BCUT2D eigenvalue weighted by Crippen LogP contribution is -2.22. The van der Waals surface area contributed by atoms with Crippen molar-refractivity contribution >= 4 is 29.1 Å². The molecule has 0 heterocycles. The largest absolute Gasteiger partial charge is 0.465 e. The van der Waals surface area contributed by atoms with Crippen LogP contribution < -0.4 is 11.1 Å². The van der Waals surface area contributed by atoms with E-state index in [9.17, 15) is 4.79 Å². The van der Waals surface area contributed by atoms with Crippen molar-refractivity contribution in [3.63, 3.8) is 0 Å². The Hall–Kier alpha value is -1.36. The third kappa shape index (κ3) is 3.84. The Morgan fingerprint density at radius 2 is 2.28 bits per heavy atom. The van der Waals surface area contributed by atoms with Crippen LogP contribution in [0, 0.1) is 0 Å². The number of hydrogen-bond acceptors (Lipinski definition) is 5. The van der Waals surface area contributed by atoms with Gasteiger partial charge in [-0.05, 0) is 30.9 Å². The lowest BCUT2D eigenvalue weighted by atomic mass is 10.1. The van der Waals surface area contributed by atoms with E-state index in [0.29, 0.717) is 17.3 Å². The number of anilines is 2. The Morgan fingerprint density at radius 1 is 1.56 bits per heavy atom. The quantitative estimate of drug-likeness (QED) is 0.613. The number of hydrogen-bond donors (Lipinski definition) is 2. The summed E-state index contributed by atoms with van der Waals surface area (Å²) in [5, 5.41) is 3.36. The van der Waals surface area contributed by atoms with Crippen LogP contribution in [0.4, 0.5) is 11.4 Å². The first-order valence-corrected chi connectivity index (χ1v) is 7.25. The van der Waals surface area contributed by atoms with Crippen LogP contribution in [-0.4, -0.2) is 31.1 Å². The maximum atomic E-state index is 11.5. The Morgan fingerprint density at radius 3 is 2.83 bits per heavy atom. The lowest BCUT2D eigenvalue weighted by molar-refractivity contribution is 0.0601. The zero-order chi connectivity index (χ0) is 13.5.